The van der Waals surface area contributed by atoms with E-state index in [2.05, 4.69) is 13.8 Å². The third kappa shape index (κ3) is 5.16. The van der Waals surface area contributed by atoms with Crippen molar-refractivity contribution >= 4 is 17.5 Å². The summed E-state index contributed by atoms with van der Waals surface area (Å²) >= 11 is 0. The largest absolute Gasteiger partial charge is 0.496 e. The van der Waals surface area contributed by atoms with Crippen molar-refractivity contribution < 1.29 is 23.8 Å². The summed E-state index contributed by atoms with van der Waals surface area (Å²) < 4.78 is 17.0. The molecular formula is C29H33NO5. The topological polar surface area (TPSA) is 74.2 Å². The zero-order valence-electron chi connectivity index (χ0n) is 21.1. The van der Waals surface area contributed by atoms with Gasteiger partial charge in [0.2, 0.25) is 0 Å². The number of para-hydroxylation sites is 1. The molecule has 1 aliphatic carbocycles. The molecule has 4 rings (SSSR count). The van der Waals surface area contributed by atoms with Gasteiger partial charge >= 0.3 is 5.97 Å². The lowest BCUT2D eigenvalue weighted by atomic mass is 9.66. The van der Waals surface area contributed by atoms with Crippen molar-refractivity contribution in [2.75, 3.05) is 13.7 Å². The third-order valence-corrected chi connectivity index (χ3v) is 6.64. The van der Waals surface area contributed by atoms with E-state index in [0.29, 0.717) is 29.9 Å². The Balaban J connectivity index is 1.79. The lowest BCUT2D eigenvalue weighted by Crippen LogP contribution is -2.39. The Kier molecular flexibility index (Phi) is 7.10. The van der Waals surface area contributed by atoms with Crippen LogP contribution in [-0.2, 0) is 20.9 Å². The van der Waals surface area contributed by atoms with E-state index in [1.807, 2.05) is 55.5 Å². The average Bonchev–Trinajstić information content (AvgIpc) is 2.81. The third-order valence-electron chi connectivity index (χ3n) is 6.64. The molecule has 6 heteroatoms. The summed E-state index contributed by atoms with van der Waals surface area (Å²) in [7, 11) is 1.62. The van der Waals surface area contributed by atoms with Crippen molar-refractivity contribution in [2.45, 2.75) is 53.1 Å². The molecule has 35 heavy (non-hydrogen) atoms. The molecule has 0 bridgehead atoms. The van der Waals surface area contributed by atoms with E-state index in [0.717, 1.165) is 22.6 Å². The molecule has 0 spiro atoms. The fourth-order valence-corrected chi connectivity index (χ4v) is 5.13. The number of ketones is 1. The number of hydrogen-bond donors (Lipinski definition) is 0. The molecule has 2 atom stereocenters. The van der Waals surface area contributed by atoms with Gasteiger partial charge in [-0.2, -0.15) is 0 Å². The Bertz CT molecular complexity index is 1180. The average molecular weight is 476 g/mol. The molecule has 184 valence electrons. The summed E-state index contributed by atoms with van der Waals surface area (Å²) in [6.45, 7) is 8.36. The van der Waals surface area contributed by atoms with Crippen LogP contribution < -0.4 is 9.47 Å². The number of hydrogen-bond acceptors (Lipinski definition) is 6. The van der Waals surface area contributed by atoms with Gasteiger partial charge in [0.05, 0.1) is 13.7 Å². The minimum absolute atomic E-state index is 0.0460. The SMILES string of the molecule is CCOC(=O)C1C(C)=NC2=C(C(=O)CC(C)(C)C2)[C@H]1c1ccc(OC)c(COc2ccccc2)c1. The molecule has 0 N–H and O–H groups in total. The number of allylic oxidation sites excluding steroid dienone is 2. The van der Waals surface area contributed by atoms with Crippen molar-refractivity contribution in [3.63, 3.8) is 0 Å². The van der Waals surface area contributed by atoms with Gasteiger partial charge in [0.25, 0.3) is 0 Å². The highest BCUT2D eigenvalue weighted by atomic mass is 16.5. The summed E-state index contributed by atoms with van der Waals surface area (Å²) in [5.74, 6) is -0.00391. The second-order valence-electron chi connectivity index (χ2n) is 9.93. The van der Waals surface area contributed by atoms with Crippen LogP contribution in [0, 0.1) is 11.3 Å². The number of benzene rings is 2. The van der Waals surface area contributed by atoms with Crippen molar-refractivity contribution in [2.24, 2.45) is 16.3 Å². The summed E-state index contributed by atoms with van der Waals surface area (Å²) in [5, 5.41) is 0. The maximum atomic E-state index is 13.5. The Hall–Kier alpha value is -3.41. The predicted molar refractivity (Wildman–Crippen MR) is 135 cm³/mol. The van der Waals surface area contributed by atoms with Gasteiger partial charge in [0, 0.05) is 34.9 Å². The minimum atomic E-state index is -0.657. The summed E-state index contributed by atoms with van der Waals surface area (Å²) in [6.07, 6.45) is 1.12. The van der Waals surface area contributed by atoms with Gasteiger partial charge in [-0.15, -0.1) is 0 Å². The highest BCUT2D eigenvalue weighted by Gasteiger charge is 2.46. The molecule has 0 amide bonds. The zero-order valence-corrected chi connectivity index (χ0v) is 21.1. The van der Waals surface area contributed by atoms with Crippen molar-refractivity contribution in [1.29, 1.82) is 0 Å². The van der Waals surface area contributed by atoms with E-state index < -0.39 is 11.8 Å². The van der Waals surface area contributed by atoms with E-state index in [1.54, 1.807) is 14.0 Å². The van der Waals surface area contributed by atoms with Crippen LogP contribution in [0.4, 0.5) is 0 Å². The zero-order chi connectivity index (χ0) is 25.2. The Morgan fingerprint density at radius 1 is 1.11 bits per heavy atom. The molecule has 0 saturated carbocycles. The van der Waals surface area contributed by atoms with Gasteiger partial charge in [0.15, 0.2) is 5.78 Å². The molecule has 0 saturated heterocycles. The molecule has 2 aromatic carbocycles. The van der Waals surface area contributed by atoms with Crippen LogP contribution in [0.15, 0.2) is 64.8 Å². The number of methoxy groups -OCH3 is 1. The maximum Gasteiger partial charge on any atom is 0.315 e. The van der Waals surface area contributed by atoms with Crippen LogP contribution in [0.2, 0.25) is 0 Å². The Labute approximate surface area is 207 Å². The van der Waals surface area contributed by atoms with Gasteiger partial charge in [-0.1, -0.05) is 38.1 Å². The number of nitrogens with zero attached hydrogens (tertiary/aromatic N) is 1. The molecule has 1 heterocycles. The first-order valence-electron chi connectivity index (χ1n) is 12.1. The van der Waals surface area contributed by atoms with Gasteiger partial charge in [-0.3, -0.25) is 14.6 Å². The maximum absolute atomic E-state index is 13.5. The predicted octanol–water partition coefficient (Wildman–Crippen LogP) is 5.65. The van der Waals surface area contributed by atoms with Crippen LogP contribution in [0.1, 0.15) is 57.6 Å². The second-order valence-corrected chi connectivity index (χ2v) is 9.93. The van der Waals surface area contributed by atoms with E-state index in [-0.39, 0.29) is 30.4 Å². The van der Waals surface area contributed by atoms with Gasteiger partial charge in [-0.25, -0.2) is 0 Å². The number of carbonyl (C=O) groups is 2. The number of esters is 1. The van der Waals surface area contributed by atoms with Crippen LogP contribution in [0.25, 0.3) is 0 Å². The van der Waals surface area contributed by atoms with Gasteiger partial charge < -0.3 is 14.2 Å². The van der Waals surface area contributed by atoms with E-state index in [1.165, 1.54) is 0 Å². The van der Waals surface area contributed by atoms with E-state index >= 15 is 0 Å². The van der Waals surface area contributed by atoms with Crippen molar-refractivity contribution in [3.8, 4) is 11.5 Å². The monoisotopic (exact) mass is 475 g/mol. The first kappa shape index (κ1) is 24.7. The lowest BCUT2D eigenvalue weighted by Gasteiger charge is -2.39. The molecular weight excluding hydrogens is 442 g/mol. The van der Waals surface area contributed by atoms with Crippen molar-refractivity contribution in [3.05, 3.63) is 70.9 Å². The fraction of sp³-hybridized carbons (Fsp3) is 0.414. The normalized spacial score (nSPS) is 21.2. The number of Topliss-reactive ketones (excluding diaryl/α,β-unsaturated/α-hetero) is 1. The fourth-order valence-electron chi connectivity index (χ4n) is 5.13. The number of ether oxygens (including phenoxy) is 3. The molecule has 2 aliphatic rings. The first-order valence-corrected chi connectivity index (χ1v) is 12.1. The smallest absolute Gasteiger partial charge is 0.315 e. The summed E-state index contributed by atoms with van der Waals surface area (Å²) in [6, 6.07) is 15.3. The minimum Gasteiger partial charge on any atom is -0.496 e. The molecule has 1 aliphatic heterocycles. The van der Waals surface area contributed by atoms with E-state index in [9.17, 15) is 9.59 Å². The van der Waals surface area contributed by atoms with Crippen molar-refractivity contribution in [1.82, 2.24) is 0 Å². The number of carbonyl (C=O) groups excluding carboxylic acids is 2. The highest BCUT2D eigenvalue weighted by Crippen LogP contribution is 2.48. The molecule has 0 aromatic heterocycles. The summed E-state index contributed by atoms with van der Waals surface area (Å²) in [5.41, 5.74) is 3.61. The molecule has 6 nitrogen and oxygen atoms in total. The Morgan fingerprint density at radius 3 is 2.54 bits per heavy atom. The second kappa shape index (κ2) is 10.1. The Morgan fingerprint density at radius 2 is 1.86 bits per heavy atom. The number of rotatable bonds is 7. The molecule has 0 radical (unpaired) electrons. The molecule has 1 unspecified atom stereocenters. The lowest BCUT2D eigenvalue weighted by molar-refractivity contribution is -0.146. The summed E-state index contributed by atoms with van der Waals surface area (Å²) in [4.78, 5) is 31.4. The molecule has 2 aromatic rings. The van der Waals surface area contributed by atoms with Crippen LogP contribution in [0.3, 0.4) is 0 Å². The first-order chi connectivity index (χ1) is 16.7. The number of aliphatic imine (C=N–C) groups is 1. The van der Waals surface area contributed by atoms with Crippen LogP contribution in [-0.4, -0.2) is 31.2 Å². The van der Waals surface area contributed by atoms with Gasteiger partial charge in [0.1, 0.15) is 24.0 Å². The quantitative estimate of drug-likeness (QED) is 0.484. The standard InChI is InChI=1S/C29H33NO5/c1-6-34-28(32)25-18(2)30-22-15-29(3,4)16-23(31)27(22)26(25)19-12-13-24(33-5)20(14-19)17-35-21-10-8-7-9-11-21/h7-14,25-26H,6,15-17H2,1-5H3/t25?,26-/m0/s1. The van der Waals surface area contributed by atoms with Crippen LogP contribution in [0.5, 0.6) is 11.5 Å². The highest BCUT2D eigenvalue weighted by molar-refractivity contribution is 6.09. The van der Waals surface area contributed by atoms with E-state index in [4.69, 9.17) is 19.2 Å². The molecule has 0 fully saturated rings. The van der Waals surface area contributed by atoms with Gasteiger partial charge in [-0.05, 0) is 55.5 Å². The van der Waals surface area contributed by atoms with Crippen LogP contribution >= 0.6 is 0 Å².